The smallest absolute Gasteiger partial charge is 0.323 e. The first-order valence-corrected chi connectivity index (χ1v) is 6.16. The number of ether oxygens (including phenoxy) is 1. The minimum absolute atomic E-state index is 0.146. The molecule has 0 saturated heterocycles. The van der Waals surface area contributed by atoms with Crippen molar-refractivity contribution in [3.05, 3.63) is 5.82 Å². The lowest BCUT2D eigenvalue weighted by Crippen LogP contribution is -2.41. The van der Waals surface area contributed by atoms with Crippen LogP contribution in [0.2, 0.25) is 0 Å². The summed E-state index contributed by atoms with van der Waals surface area (Å²) < 4.78 is 6.50. The normalized spacial score (nSPS) is 12.7. The highest BCUT2D eigenvalue weighted by Gasteiger charge is 2.23. The van der Waals surface area contributed by atoms with Crippen LogP contribution >= 0.6 is 0 Å². The molecule has 0 aliphatic carbocycles. The van der Waals surface area contributed by atoms with E-state index in [0.717, 1.165) is 18.8 Å². The van der Waals surface area contributed by atoms with Gasteiger partial charge < -0.3 is 4.74 Å². The van der Waals surface area contributed by atoms with Crippen molar-refractivity contribution in [2.45, 2.75) is 46.3 Å². The van der Waals surface area contributed by atoms with Crippen molar-refractivity contribution in [1.29, 1.82) is 0 Å². The number of carbonyl (C=O) groups is 1. The van der Waals surface area contributed by atoms with E-state index in [0.29, 0.717) is 6.54 Å². The van der Waals surface area contributed by atoms with E-state index in [1.165, 1.54) is 7.11 Å². The molecule has 7 nitrogen and oxygen atoms in total. The summed E-state index contributed by atoms with van der Waals surface area (Å²) >= 11 is 0. The molecule has 0 aromatic carbocycles. The van der Waals surface area contributed by atoms with Gasteiger partial charge in [-0.05, 0) is 22.8 Å². The molecule has 0 fully saturated rings. The van der Waals surface area contributed by atoms with Crippen LogP contribution in [0.15, 0.2) is 0 Å². The Morgan fingerprint density at radius 3 is 2.78 bits per heavy atom. The number of esters is 1. The Bertz CT molecular complexity index is 377. The number of aryl methyl sites for hydroxylation is 1. The summed E-state index contributed by atoms with van der Waals surface area (Å²) in [6.07, 6.45) is 0.961. The predicted molar refractivity (Wildman–Crippen MR) is 65.6 cm³/mol. The second kappa shape index (κ2) is 7.05. The summed E-state index contributed by atoms with van der Waals surface area (Å²) in [7, 11) is 1.39. The van der Waals surface area contributed by atoms with Gasteiger partial charge in [-0.1, -0.05) is 20.8 Å². The molecular weight excluding hydrogens is 234 g/mol. The van der Waals surface area contributed by atoms with Crippen LogP contribution in [0.1, 0.15) is 33.0 Å². The van der Waals surface area contributed by atoms with E-state index in [1.807, 2.05) is 13.8 Å². The maximum Gasteiger partial charge on any atom is 0.323 e. The summed E-state index contributed by atoms with van der Waals surface area (Å²) in [4.78, 5) is 11.6. The zero-order valence-corrected chi connectivity index (χ0v) is 11.4. The van der Waals surface area contributed by atoms with Crippen LogP contribution < -0.4 is 5.32 Å². The number of hydrogen-bond acceptors (Lipinski definition) is 6. The maximum atomic E-state index is 11.6. The molecule has 18 heavy (non-hydrogen) atoms. The fourth-order valence-electron chi connectivity index (χ4n) is 1.65. The molecule has 0 saturated carbocycles. The van der Waals surface area contributed by atoms with Gasteiger partial charge in [0.05, 0.1) is 13.7 Å². The van der Waals surface area contributed by atoms with Gasteiger partial charge in [-0.15, -0.1) is 5.10 Å². The molecule has 0 bridgehead atoms. The van der Waals surface area contributed by atoms with Gasteiger partial charge in [0.25, 0.3) is 0 Å². The SMILES string of the molecule is CCCn1nnnc1CNC(C(=O)OC)C(C)C. The highest BCUT2D eigenvalue weighted by atomic mass is 16.5. The average Bonchev–Trinajstić information content (AvgIpc) is 2.77. The first kappa shape index (κ1) is 14.6. The molecule has 1 atom stereocenters. The summed E-state index contributed by atoms with van der Waals surface area (Å²) in [6.45, 7) is 7.21. The molecule has 1 heterocycles. The lowest BCUT2D eigenvalue weighted by Gasteiger charge is -2.19. The largest absolute Gasteiger partial charge is 0.468 e. The quantitative estimate of drug-likeness (QED) is 0.709. The van der Waals surface area contributed by atoms with Crippen molar-refractivity contribution >= 4 is 5.97 Å². The molecule has 0 spiro atoms. The molecule has 1 N–H and O–H groups in total. The van der Waals surface area contributed by atoms with Gasteiger partial charge in [0.2, 0.25) is 0 Å². The monoisotopic (exact) mass is 255 g/mol. The van der Waals surface area contributed by atoms with Gasteiger partial charge in [0.1, 0.15) is 6.04 Å². The minimum Gasteiger partial charge on any atom is -0.468 e. The van der Waals surface area contributed by atoms with Crippen molar-refractivity contribution in [2.75, 3.05) is 7.11 Å². The third kappa shape index (κ3) is 3.76. The van der Waals surface area contributed by atoms with Crippen molar-refractivity contribution in [1.82, 2.24) is 25.5 Å². The zero-order chi connectivity index (χ0) is 13.5. The van der Waals surface area contributed by atoms with E-state index in [4.69, 9.17) is 4.74 Å². The fourth-order valence-corrected chi connectivity index (χ4v) is 1.65. The van der Waals surface area contributed by atoms with Gasteiger partial charge >= 0.3 is 5.97 Å². The Kier molecular flexibility index (Phi) is 5.70. The van der Waals surface area contributed by atoms with Crippen LogP contribution in [0.5, 0.6) is 0 Å². The number of carbonyl (C=O) groups excluding carboxylic acids is 1. The standard InChI is InChI=1S/C11H21N5O2/c1-5-6-16-9(13-14-15-16)7-12-10(8(2)3)11(17)18-4/h8,10,12H,5-7H2,1-4H3. The molecule has 0 aliphatic rings. The minimum atomic E-state index is -0.346. The number of hydrogen-bond donors (Lipinski definition) is 1. The molecular formula is C11H21N5O2. The zero-order valence-electron chi connectivity index (χ0n) is 11.4. The van der Waals surface area contributed by atoms with E-state index in [-0.39, 0.29) is 17.9 Å². The number of nitrogens with zero attached hydrogens (tertiary/aromatic N) is 4. The van der Waals surface area contributed by atoms with Gasteiger partial charge in [-0.25, -0.2) is 4.68 Å². The summed E-state index contributed by atoms with van der Waals surface area (Å²) in [5, 5.41) is 14.6. The van der Waals surface area contributed by atoms with Crippen molar-refractivity contribution in [3.63, 3.8) is 0 Å². The Morgan fingerprint density at radius 2 is 2.22 bits per heavy atom. The fraction of sp³-hybridized carbons (Fsp3) is 0.818. The molecule has 7 heteroatoms. The predicted octanol–water partition coefficient (Wildman–Crippen LogP) is 0.370. The molecule has 102 valence electrons. The second-order valence-corrected chi connectivity index (χ2v) is 4.44. The van der Waals surface area contributed by atoms with Gasteiger partial charge in [-0.3, -0.25) is 10.1 Å². The Labute approximate surface area is 107 Å². The number of nitrogens with one attached hydrogen (secondary N) is 1. The van der Waals surface area contributed by atoms with E-state index < -0.39 is 0 Å². The van der Waals surface area contributed by atoms with Crippen LogP contribution in [-0.2, 0) is 22.6 Å². The van der Waals surface area contributed by atoms with Crippen molar-refractivity contribution in [3.8, 4) is 0 Å². The van der Waals surface area contributed by atoms with E-state index in [1.54, 1.807) is 4.68 Å². The molecule has 0 radical (unpaired) electrons. The van der Waals surface area contributed by atoms with Crippen LogP contribution in [0.3, 0.4) is 0 Å². The summed E-state index contributed by atoms with van der Waals surface area (Å²) in [5.74, 6) is 0.610. The van der Waals surface area contributed by atoms with Crippen LogP contribution in [0, 0.1) is 5.92 Å². The molecule has 1 rings (SSSR count). The van der Waals surface area contributed by atoms with Gasteiger partial charge in [0, 0.05) is 6.54 Å². The average molecular weight is 255 g/mol. The number of methoxy groups -OCH3 is 1. The highest BCUT2D eigenvalue weighted by Crippen LogP contribution is 2.05. The van der Waals surface area contributed by atoms with Crippen LogP contribution in [-0.4, -0.2) is 39.3 Å². The molecule has 0 amide bonds. The maximum absolute atomic E-state index is 11.6. The Balaban J connectivity index is 2.61. The topological polar surface area (TPSA) is 81.9 Å². The summed E-state index contributed by atoms with van der Waals surface area (Å²) in [5.41, 5.74) is 0. The van der Waals surface area contributed by atoms with Crippen molar-refractivity contribution in [2.24, 2.45) is 5.92 Å². The third-order valence-electron chi connectivity index (χ3n) is 2.64. The highest BCUT2D eigenvalue weighted by molar-refractivity contribution is 5.75. The van der Waals surface area contributed by atoms with Crippen molar-refractivity contribution < 1.29 is 9.53 Å². The number of tetrazole rings is 1. The number of aromatic nitrogens is 4. The Hall–Kier alpha value is -1.50. The summed E-state index contributed by atoms with van der Waals surface area (Å²) in [6, 6.07) is -0.346. The lowest BCUT2D eigenvalue weighted by atomic mass is 10.0. The molecule has 1 aromatic rings. The van der Waals surface area contributed by atoms with Crippen LogP contribution in [0.25, 0.3) is 0 Å². The lowest BCUT2D eigenvalue weighted by molar-refractivity contribution is -0.144. The van der Waals surface area contributed by atoms with Crippen LogP contribution in [0.4, 0.5) is 0 Å². The molecule has 0 aliphatic heterocycles. The second-order valence-electron chi connectivity index (χ2n) is 4.44. The van der Waals surface area contributed by atoms with E-state index in [2.05, 4.69) is 27.8 Å². The number of rotatable bonds is 7. The Morgan fingerprint density at radius 1 is 1.50 bits per heavy atom. The first-order valence-electron chi connectivity index (χ1n) is 6.16. The van der Waals surface area contributed by atoms with Gasteiger partial charge in [0.15, 0.2) is 5.82 Å². The van der Waals surface area contributed by atoms with Gasteiger partial charge in [-0.2, -0.15) is 0 Å². The van der Waals surface area contributed by atoms with E-state index >= 15 is 0 Å². The first-order chi connectivity index (χ1) is 8.60. The third-order valence-corrected chi connectivity index (χ3v) is 2.64. The molecule has 1 unspecified atom stereocenters. The molecule has 1 aromatic heterocycles. The van der Waals surface area contributed by atoms with E-state index in [9.17, 15) is 4.79 Å².